The number of halogens is 1. The fourth-order valence-electron chi connectivity index (χ4n) is 2.19. The lowest BCUT2D eigenvalue weighted by atomic mass is 10.1. The van der Waals surface area contributed by atoms with E-state index in [4.69, 9.17) is 16.0 Å². The zero-order chi connectivity index (χ0) is 14.8. The minimum Gasteiger partial charge on any atom is -0.420 e. The summed E-state index contributed by atoms with van der Waals surface area (Å²) in [6, 6.07) is 7.60. The second-order valence-corrected chi connectivity index (χ2v) is 5.20. The first kappa shape index (κ1) is 13.8. The Balaban J connectivity index is 1.82. The molecule has 0 aliphatic heterocycles. The van der Waals surface area contributed by atoms with Crippen molar-refractivity contribution in [2.45, 2.75) is 26.8 Å². The molecule has 0 saturated heterocycles. The van der Waals surface area contributed by atoms with Gasteiger partial charge in [0.15, 0.2) is 0 Å². The first-order valence-electron chi connectivity index (χ1n) is 6.77. The Bertz CT molecular complexity index is 745. The number of hydrogen-bond acceptors (Lipinski definition) is 4. The Morgan fingerprint density at radius 1 is 1.19 bits per heavy atom. The first-order chi connectivity index (χ1) is 10.2. The average molecular weight is 303 g/mol. The molecule has 0 fully saturated rings. The molecular weight excluding hydrogens is 288 g/mol. The third-order valence-corrected chi connectivity index (χ3v) is 3.62. The molecule has 0 unspecified atom stereocenters. The summed E-state index contributed by atoms with van der Waals surface area (Å²) in [5.41, 5.74) is 2.99. The van der Waals surface area contributed by atoms with Crippen molar-refractivity contribution >= 4 is 11.6 Å². The topological polar surface area (TPSA) is 56.7 Å². The van der Waals surface area contributed by atoms with Crippen molar-refractivity contribution in [2.75, 3.05) is 0 Å². The van der Waals surface area contributed by atoms with Gasteiger partial charge in [0, 0.05) is 17.3 Å². The van der Waals surface area contributed by atoms with E-state index in [2.05, 4.69) is 15.3 Å². The summed E-state index contributed by atoms with van der Waals surface area (Å²) in [5.74, 6) is 1.09. The van der Waals surface area contributed by atoms with Crippen LogP contribution in [0.2, 0.25) is 5.02 Å². The Morgan fingerprint density at radius 2 is 1.95 bits per heavy atom. The van der Waals surface area contributed by atoms with Crippen molar-refractivity contribution in [3.63, 3.8) is 0 Å². The lowest BCUT2D eigenvalue weighted by Gasteiger charge is -1.99. The molecule has 0 bridgehead atoms. The molecule has 3 rings (SSSR count). The normalized spacial score (nSPS) is 11.0. The third kappa shape index (κ3) is 2.83. The van der Waals surface area contributed by atoms with E-state index in [9.17, 15) is 0 Å². The second-order valence-electron chi connectivity index (χ2n) is 4.76. The van der Waals surface area contributed by atoms with Crippen LogP contribution in [0.3, 0.4) is 0 Å². The monoisotopic (exact) mass is 302 g/mol. The molecule has 0 saturated carbocycles. The molecule has 2 heterocycles. The molecule has 5 nitrogen and oxygen atoms in total. The van der Waals surface area contributed by atoms with E-state index in [0.717, 1.165) is 23.4 Å². The summed E-state index contributed by atoms with van der Waals surface area (Å²) in [4.78, 5) is 0. The van der Waals surface area contributed by atoms with Crippen LogP contribution in [0.5, 0.6) is 0 Å². The van der Waals surface area contributed by atoms with Crippen LogP contribution in [0.1, 0.15) is 24.1 Å². The van der Waals surface area contributed by atoms with Crippen molar-refractivity contribution in [3.05, 3.63) is 52.6 Å². The molecule has 6 heteroatoms. The zero-order valence-electron chi connectivity index (χ0n) is 11.9. The highest BCUT2D eigenvalue weighted by Crippen LogP contribution is 2.22. The summed E-state index contributed by atoms with van der Waals surface area (Å²) in [6.45, 7) is 4.86. The second kappa shape index (κ2) is 5.69. The average Bonchev–Trinajstić information content (AvgIpc) is 3.08. The third-order valence-electron chi connectivity index (χ3n) is 3.37. The summed E-state index contributed by atoms with van der Waals surface area (Å²) in [7, 11) is 0. The summed E-state index contributed by atoms with van der Waals surface area (Å²) >= 11 is 5.87. The molecule has 1 aromatic carbocycles. The number of aryl methyl sites for hydroxylation is 1. The van der Waals surface area contributed by atoms with E-state index < -0.39 is 0 Å². The van der Waals surface area contributed by atoms with Crippen LogP contribution in [-0.2, 0) is 13.0 Å². The highest BCUT2D eigenvalue weighted by Gasteiger charge is 2.14. The van der Waals surface area contributed by atoms with Crippen LogP contribution in [0.25, 0.3) is 11.5 Å². The van der Waals surface area contributed by atoms with Crippen LogP contribution >= 0.6 is 11.6 Å². The smallest absolute Gasteiger partial charge is 0.251 e. The number of nitrogens with zero attached hydrogens (tertiary/aromatic N) is 4. The van der Waals surface area contributed by atoms with E-state index in [1.165, 1.54) is 0 Å². The minimum atomic E-state index is 0.510. The van der Waals surface area contributed by atoms with Gasteiger partial charge in [0.25, 0.3) is 5.89 Å². The van der Waals surface area contributed by atoms with Crippen LogP contribution in [-0.4, -0.2) is 20.0 Å². The molecule has 0 spiro atoms. The predicted molar refractivity (Wildman–Crippen MR) is 80.2 cm³/mol. The molecule has 0 aliphatic carbocycles. The van der Waals surface area contributed by atoms with E-state index in [0.29, 0.717) is 23.2 Å². The number of aromatic nitrogens is 4. The Morgan fingerprint density at radius 3 is 2.62 bits per heavy atom. The van der Waals surface area contributed by atoms with E-state index >= 15 is 0 Å². The number of hydrogen-bond donors (Lipinski definition) is 0. The Labute approximate surface area is 127 Å². The first-order valence-corrected chi connectivity index (χ1v) is 7.14. The van der Waals surface area contributed by atoms with Gasteiger partial charge in [0.2, 0.25) is 5.89 Å². The number of rotatable bonds is 4. The van der Waals surface area contributed by atoms with Crippen molar-refractivity contribution in [3.8, 4) is 11.5 Å². The van der Waals surface area contributed by atoms with Crippen molar-refractivity contribution in [1.29, 1.82) is 0 Å². The standard InChI is InChI=1S/C15H15ClN4O/c1-3-20-10(2)13(9-17-20)15-19-18-14(21-15)8-11-4-6-12(16)7-5-11/h4-7,9H,3,8H2,1-2H3. The highest BCUT2D eigenvalue weighted by atomic mass is 35.5. The molecule has 0 atom stereocenters. The minimum absolute atomic E-state index is 0.510. The molecule has 0 amide bonds. The fraction of sp³-hybridized carbons (Fsp3) is 0.267. The summed E-state index contributed by atoms with van der Waals surface area (Å²) in [5, 5.41) is 13.2. The SMILES string of the molecule is CCn1ncc(-c2nnc(Cc3ccc(Cl)cc3)o2)c1C. The maximum absolute atomic E-state index is 5.87. The van der Waals surface area contributed by atoms with Gasteiger partial charge in [-0.15, -0.1) is 10.2 Å². The largest absolute Gasteiger partial charge is 0.420 e. The van der Waals surface area contributed by atoms with E-state index in [1.54, 1.807) is 6.20 Å². The fourth-order valence-corrected chi connectivity index (χ4v) is 2.31. The van der Waals surface area contributed by atoms with Crippen molar-refractivity contribution in [2.24, 2.45) is 0 Å². The molecule has 108 valence electrons. The molecule has 3 aromatic rings. The van der Waals surface area contributed by atoms with Gasteiger partial charge in [-0.25, -0.2) is 0 Å². The molecule has 21 heavy (non-hydrogen) atoms. The van der Waals surface area contributed by atoms with Crippen LogP contribution < -0.4 is 0 Å². The Kier molecular flexibility index (Phi) is 3.75. The van der Waals surface area contributed by atoms with Crippen LogP contribution in [0.15, 0.2) is 34.9 Å². The predicted octanol–water partition coefficient (Wildman–Crippen LogP) is 3.51. The molecular formula is C15H15ClN4O. The van der Waals surface area contributed by atoms with Gasteiger partial charge in [-0.3, -0.25) is 4.68 Å². The quantitative estimate of drug-likeness (QED) is 0.740. The van der Waals surface area contributed by atoms with Gasteiger partial charge in [0.05, 0.1) is 18.2 Å². The van der Waals surface area contributed by atoms with E-state index in [-0.39, 0.29) is 0 Å². The molecule has 2 aromatic heterocycles. The molecule has 0 aliphatic rings. The van der Waals surface area contributed by atoms with Gasteiger partial charge in [-0.2, -0.15) is 5.10 Å². The van der Waals surface area contributed by atoms with E-state index in [1.807, 2.05) is 42.8 Å². The molecule has 0 radical (unpaired) electrons. The Hall–Kier alpha value is -2.14. The number of benzene rings is 1. The maximum Gasteiger partial charge on any atom is 0.251 e. The van der Waals surface area contributed by atoms with Crippen LogP contribution in [0.4, 0.5) is 0 Å². The summed E-state index contributed by atoms with van der Waals surface area (Å²) in [6.07, 6.45) is 2.35. The van der Waals surface area contributed by atoms with Crippen molar-refractivity contribution < 1.29 is 4.42 Å². The van der Waals surface area contributed by atoms with Crippen molar-refractivity contribution in [1.82, 2.24) is 20.0 Å². The lowest BCUT2D eigenvalue weighted by Crippen LogP contribution is -1.98. The van der Waals surface area contributed by atoms with Gasteiger partial charge in [0.1, 0.15) is 0 Å². The van der Waals surface area contributed by atoms with Crippen LogP contribution in [0, 0.1) is 6.92 Å². The van der Waals surface area contributed by atoms with Gasteiger partial charge in [-0.05, 0) is 31.5 Å². The summed E-state index contributed by atoms with van der Waals surface area (Å²) < 4.78 is 7.64. The van der Waals surface area contributed by atoms with Gasteiger partial charge < -0.3 is 4.42 Å². The molecule has 0 N–H and O–H groups in total. The van der Waals surface area contributed by atoms with Gasteiger partial charge in [-0.1, -0.05) is 23.7 Å². The van der Waals surface area contributed by atoms with Gasteiger partial charge >= 0.3 is 0 Å². The highest BCUT2D eigenvalue weighted by molar-refractivity contribution is 6.30. The zero-order valence-corrected chi connectivity index (χ0v) is 12.6. The lowest BCUT2D eigenvalue weighted by molar-refractivity contribution is 0.517. The maximum atomic E-state index is 5.87.